The number of nitrogens with two attached hydrogens (primary N) is 1. The van der Waals surface area contributed by atoms with E-state index < -0.39 is 20.6 Å². The first kappa shape index (κ1) is 15.3. The van der Waals surface area contributed by atoms with Crippen LogP contribution in [0, 0.1) is 10.1 Å². The monoisotopic (exact) mass is 352 g/mol. The molecule has 2 aromatic heterocycles. The Morgan fingerprint density at radius 1 is 1.35 bits per heavy atom. The number of nitrogens with zero attached hydrogens (tertiary/aromatic N) is 5. The van der Waals surface area contributed by atoms with Gasteiger partial charge < -0.3 is 0 Å². The molecule has 0 aliphatic rings. The van der Waals surface area contributed by atoms with Crippen LogP contribution in [0.5, 0.6) is 0 Å². The van der Waals surface area contributed by atoms with Crippen molar-refractivity contribution in [3.63, 3.8) is 0 Å². The summed E-state index contributed by atoms with van der Waals surface area (Å²) in [6.07, 6.45) is 3.18. The van der Waals surface area contributed by atoms with Crippen LogP contribution in [0.25, 0.3) is 5.78 Å². The molecule has 0 spiro atoms. The lowest BCUT2D eigenvalue weighted by molar-refractivity contribution is -0.388. The molecule has 0 unspecified atom stereocenters. The lowest BCUT2D eigenvalue weighted by Crippen LogP contribution is -2.12. The van der Waals surface area contributed by atoms with Crippen LogP contribution in [0.1, 0.15) is 0 Å². The largest absolute Gasteiger partial charge is 0.284 e. The van der Waals surface area contributed by atoms with Crippen LogP contribution in [0.15, 0.2) is 51.6 Å². The molecule has 2 N–H and O–H groups in total. The molecule has 3 rings (SSSR count). The molecule has 0 saturated heterocycles. The first-order valence-corrected chi connectivity index (χ1v) is 8.37. The number of benzene rings is 1. The number of hydrogen-bond acceptors (Lipinski definition) is 8. The van der Waals surface area contributed by atoms with Crippen molar-refractivity contribution in [1.82, 2.24) is 19.6 Å². The molecule has 23 heavy (non-hydrogen) atoms. The Morgan fingerprint density at radius 2 is 2.13 bits per heavy atom. The van der Waals surface area contributed by atoms with Gasteiger partial charge in [-0.15, -0.1) is 5.10 Å². The Kier molecular flexibility index (Phi) is 3.71. The number of primary sulfonamides is 1. The standard InChI is InChI=1S/C11H8N6O4S2/c12-23(20,21)7-2-3-9(8(6-7)17(18)19)22-11-14-10-13-4-1-5-16(10)15-11/h1-6H,(H2,12,20,21). The molecular formula is C11H8N6O4S2. The Labute approximate surface area is 133 Å². The fraction of sp³-hybridized carbons (Fsp3) is 0. The summed E-state index contributed by atoms with van der Waals surface area (Å²) >= 11 is 0.927. The van der Waals surface area contributed by atoms with E-state index >= 15 is 0 Å². The second-order valence-corrected chi connectivity index (χ2v) is 6.86. The van der Waals surface area contributed by atoms with Crippen LogP contribution in [0.3, 0.4) is 0 Å². The molecule has 0 saturated carbocycles. The van der Waals surface area contributed by atoms with Crippen LogP contribution in [0.2, 0.25) is 0 Å². The molecule has 0 aliphatic heterocycles. The molecule has 0 aliphatic carbocycles. The van der Waals surface area contributed by atoms with E-state index in [1.54, 1.807) is 18.5 Å². The van der Waals surface area contributed by atoms with Crippen molar-refractivity contribution in [3.05, 3.63) is 46.8 Å². The summed E-state index contributed by atoms with van der Waals surface area (Å²) in [7, 11) is -4.03. The molecule has 2 heterocycles. The van der Waals surface area contributed by atoms with Crippen molar-refractivity contribution < 1.29 is 13.3 Å². The first-order chi connectivity index (χ1) is 10.8. The maximum atomic E-state index is 11.3. The number of aromatic nitrogens is 4. The molecule has 0 fully saturated rings. The van der Waals surface area contributed by atoms with Crippen LogP contribution in [-0.2, 0) is 10.0 Å². The minimum atomic E-state index is -4.03. The average Bonchev–Trinajstić information content (AvgIpc) is 2.88. The fourth-order valence-electron chi connectivity index (χ4n) is 1.76. The molecule has 12 heteroatoms. The van der Waals surface area contributed by atoms with Gasteiger partial charge >= 0.3 is 0 Å². The third kappa shape index (κ3) is 3.13. The summed E-state index contributed by atoms with van der Waals surface area (Å²) in [5.41, 5.74) is -0.395. The second kappa shape index (κ2) is 5.57. The number of fused-ring (bicyclic) bond motifs is 1. The zero-order valence-corrected chi connectivity index (χ0v) is 12.9. The van der Waals surface area contributed by atoms with E-state index in [-0.39, 0.29) is 14.9 Å². The summed E-state index contributed by atoms with van der Waals surface area (Å²) in [4.78, 5) is 18.4. The molecule has 10 nitrogen and oxygen atoms in total. The van der Waals surface area contributed by atoms with E-state index in [0.717, 1.165) is 17.8 Å². The minimum absolute atomic E-state index is 0.193. The molecule has 0 bridgehead atoms. The topological polar surface area (TPSA) is 146 Å². The lowest BCUT2D eigenvalue weighted by atomic mass is 10.3. The van der Waals surface area contributed by atoms with Crippen molar-refractivity contribution in [3.8, 4) is 0 Å². The number of hydrogen-bond donors (Lipinski definition) is 1. The van der Waals surface area contributed by atoms with Gasteiger partial charge in [0.1, 0.15) is 0 Å². The van der Waals surface area contributed by atoms with E-state index in [1.807, 2.05) is 0 Å². The normalized spacial score (nSPS) is 11.7. The van der Waals surface area contributed by atoms with Crippen molar-refractivity contribution >= 4 is 33.3 Å². The highest BCUT2D eigenvalue weighted by Gasteiger charge is 2.21. The van der Waals surface area contributed by atoms with E-state index in [2.05, 4.69) is 15.1 Å². The number of nitro benzene ring substituents is 1. The number of rotatable bonds is 4. The molecule has 0 amide bonds. The van der Waals surface area contributed by atoms with Crippen LogP contribution >= 0.6 is 11.8 Å². The van der Waals surface area contributed by atoms with E-state index in [1.165, 1.54) is 16.6 Å². The van der Waals surface area contributed by atoms with Crippen molar-refractivity contribution in [2.24, 2.45) is 5.14 Å². The van der Waals surface area contributed by atoms with Crippen molar-refractivity contribution in [2.75, 3.05) is 0 Å². The molecule has 0 atom stereocenters. The quantitative estimate of drug-likeness (QED) is 0.536. The predicted octanol–water partition coefficient (Wildman–Crippen LogP) is 0.831. The summed E-state index contributed by atoms with van der Waals surface area (Å²) in [6.45, 7) is 0. The predicted molar refractivity (Wildman–Crippen MR) is 79.4 cm³/mol. The van der Waals surface area contributed by atoms with Crippen LogP contribution in [0.4, 0.5) is 5.69 Å². The lowest BCUT2D eigenvalue weighted by Gasteiger charge is -2.02. The highest BCUT2D eigenvalue weighted by atomic mass is 32.2. The molecule has 3 aromatic rings. The minimum Gasteiger partial charge on any atom is -0.258 e. The summed E-state index contributed by atoms with van der Waals surface area (Å²) < 4.78 is 24.0. The third-order valence-electron chi connectivity index (χ3n) is 2.75. The average molecular weight is 352 g/mol. The maximum absolute atomic E-state index is 11.3. The van der Waals surface area contributed by atoms with E-state index in [0.29, 0.717) is 5.78 Å². The molecule has 1 aromatic carbocycles. The number of nitro groups is 1. The summed E-state index contributed by atoms with van der Waals surface area (Å²) in [6, 6.07) is 5.06. The second-order valence-electron chi connectivity index (χ2n) is 4.29. The van der Waals surface area contributed by atoms with Crippen LogP contribution < -0.4 is 5.14 Å². The summed E-state index contributed by atoms with van der Waals surface area (Å²) in [5.74, 6) is 0.346. The fourth-order valence-corrected chi connectivity index (χ4v) is 3.12. The van der Waals surface area contributed by atoms with Gasteiger partial charge in [0, 0.05) is 18.5 Å². The molecule has 0 radical (unpaired) electrons. The van der Waals surface area contributed by atoms with Gasteiger partial charge in [0.15, 0.2) is 0 Å². The Morgan fingerprint density at radius 3 is 2.78 bits per heavy atom. The van der Waals surface area contributed by atoms with E-state index in [9.17, 15) is 18.5 Å². The van der Waals surface area contributed by atoms with Gasteiger partial charge in [-0.1, -0.05) is 0 Å². The van der Waals surface area contributed by atoms with Gasteiger partial charge in [-0.05, 0) is 30.0 Å². The summed E-state index contributed by atoms with van der Waals surface area (Å²) in [5, 5.41) is 20.5. The smallest absolute Gasteiger partial charge is 0.258 e. The van der Waals surface area contributed by atoms with Crippen molar-refractivity contribution in [1.29, 1.82) is 0 Å². The first-order valence-electron chi connectivity index (χ1n) is 6.01. The van der Waals surface area contributed by atoms with Crippen LogP contribution in [-0.4, -0.2) is 32.9 Å². The zero-order chi connectivity index (χ0) is 16.6. The van der Waals surface area contributed by atoms with E-state index in [4.69, 9.17) is 5.14 Å². The van der Waals surface area contributed by atoms with Gasteiger partial charge in [-0.25, -0.2) is 23.1 Å². The van der Waals surface area contributed by atoms with Gasteiger partial charge in [0.05, 0.1) is 14.7 Å². The SMILES string of the molecule is NS(=O)(=O)c1ccc(Sc2nc3ncccn3n2)c([N+](=O)[O-])c1. The van der Waals surface area contributed by atoms with Gasteiger partial charge in [0.2, 0.25) is 15.2 Å². The van der Waals surface area contributed by atoms with Gasteiger partial charge in [-0.3, -0.25) is 10.1 Å². The Hall–Kier alpha value is -2.57. The Balaban J connectivity index is 2.03. The third-order valence-corrected chi connectivity index (χ3v) is 4.59. The Bertz CT molecular complexity index is 983. The van der Waals surface area contributed by atoms with Gasteiger partial charge in [-0.2, -0.15) is 4.98 Å². The van der Waals surface area contributed by atoms with Crippen molar-refractivity contribution in [2.45, 2.75) is 14.9 Å². The number of sulfonamides is 1. The highest BCUT2D eigenvalue weighted by molar-refractivity contribution is 7.99. The maximum Gasteiger partial charge on any atom is 0.284 e. The molecule has 118 valence electrons. The zero-order valence-electron chi connectivity index (χ0n) is 11.2. The molecular weight excluding hydrogens is 344 g/mol. The highest BCUT2D eigenvalue weighted by Crippen LogP contribution is 2.34. The van der Waals surface area contributed by atoms with Gasteiger partial charge in [0.25, 0.3) is 11.5 Å².